The molecule has 2 aliphatic rings. The molecule has 0 aliphatic carbocycles. The molecule has 2 saturated heterocycles. The van der Waals surface area contributed by atoms with Gasteiger partial charge < -0.3 is 20.3 Å². The van der Waals surface area contributed by atoms with E-state index in [4.69, 9.17) is 4.74 Å². The maximum absolute atomic E-state index is 12.0. The van der Waals surface area contributed by atoms with E-state index >= 15 is 0 Å². The zero-order valence-corrected chi connectivity index (χ0v) is 11.7. The number of anilines is 2. The molecule has 2 aliphatic heterocycles. The van der Waals surface area contributed by atoms with Crippen LogP contribution in [-0.2, 0) is 4.74 Å². The number of nitrogens with zero attached hydrogens (tertiary/aromatic N) is 2. The van der Waals surface area contributed by atoms with E-state index in [0.29, 0.717) is 39.4 Å². The molecule has 1 aromatic carbocycles. The maximum Gasteiger partial charge on any atom is 0.321 e. The third-order valence-corrected chi connectivity index (χ3v) is 3.59. The first-order valence-corrected chi connectivity index (χ1v) is 7.03. The standard InChI is InChI=1S/C14H18N4O3/c19-13-15-5-6-18(13)12-3-1-11(2-4-12)16-14(20)17-7-9-21-10-8-17/h1-4H,5-10H2,(H,15,19)(H,16,20). The molecule has 0 aromatic heterocycles. The Morgan fingerprint density at radius 1 is 1.14 bits per heavy atom. The van der Waals surface area contributed by atoms with Crippen molar-refractivity contribution in [2.75, 3.05) is 49.6 Å². The second-order valence-electron chi connectivity index (χ2n) is 4.96. The van der Waals surface area contributed by atoms with Crippen molar-refractivity contribution < 1.29 is 14.3 Å². The summed E-state index contributed by atoms with van der Waals surface area (Å²) in [5, 5.41) is 5.61. The smallest absolute Gasteiger partial charge is 0.321 e. The number of nitrogens with one attached hydrogen (secondary N) is 2. The summed E-state index contributed by atoms with van der Waals surface area (Å²) in [6.07, 6.45) is 0. The van der Waals surface area contributed by atoms with Crippen molar-refractivity contribution in [1.82, 2.24) is 10.2 Å². The summed E-state index contributed by atoms with van der Waals surface area (Å²) < 4.78 is 5.22. The van der Waals surface area contributed by atoms with Gasteiger partial charge in [0.15, 0.2) is 0 Å². The van der Waals surface area contributed by atoms with Crippen molar-refractivity contribution in [3.8, 4) is 0 Å². The van der Waals surface area contributed by atoms with Gasteiger partial charge in [0, 0.05) is 37.6 Å². The molecule has 112 valence electrons. The van der Waals surface area contributed by atoms with E-state index in [0.717, 1.165) is 11.4 Å². The molecule has 0 atom stereocenters. The predicted molar refractivity (Wildman–Crippen MR) is 78.6 cm³/mol. The highest BCUT2D eigenvalue weighted by atomic mass is 16.5. The van der Waals surface area contributed by atoms with Gasteiger partial charge in [0.05, 0.1) is 13.2 Å². The molecule has 21 heavy (non-hydrogen) atoms. The van der Waals surface area contributed by atoms with Gasteiger partial charge in [-0.25, -0.2) is 9.59 Å². The van der Waals surface area contributed by atoms with Crippen molar-refractivity contribution in [3.63, 3.8) is 0 Å². The summed E-state index contributed by atoms with van der Waals surface area (Å²) in [5.41, 5.74) is 1.55. The Morgan fingerprint density at radius 3 is 2.48 bits per heavy atom. The number of benzene rings is 1. The van der Waals surface area contributed by atoms with E-state index in [1.54, 1.807) is 21.9 Å². The van der Waals surface area contributed by atoms with Crippen LogP contribution in [0.25, 0.3) is 0 Å². The van der Waals surface area contributed by atoms with Crippen molar-refractivity contribution in [3.05, 3.63) is 24.3 Å². The van der Waals surface area contributed by atoms with E-state index in [2.05, 4.69) is 10.6 Å². The van der Waals surface area contributed by atoms with Crippen LogP contribution in [0.15, 0.2) is 24.3 Å². The number of ether oxygens (including phenoxy) is 1. The van der Waals surface area contributed by atoms with Gasteiger partial charge >= 0.3 is 12.1 Å². The Labute approximate surface area is 122 Å². The largest absolute Gasteiger partial charge is 0.378 e. The molecule has 7 heteroatoms. The van der Waals surface area contributed by atoms with Crippen LogP contribution in [0.2, 0.25) is 0 Å². The number of urea groups is 2. The van der Waals surface area contributed by atoms with Gasteiger partial charge in [-0.1, -0.05) is 0 Å². The first-order valence-electron chi connectivity index (χ1n) is 7.03. The van der Waals surface area contributed by atoms with Gasteiger partial charge in [0.2, 0.25) is 0 Å². The molecule has 0 unspecified atom stereocenters. The van der Waals surface area contributed by atoms with Crippen LogP contribution in [0.5, 0.6) is 0 Å². The normalized spacial score (nSPS) is 18.6. The van der Waals surface area contributed by atoms with E-state index in [9.17, 15) is 9.59 Å². The molecule has 2 heterocycles. The lowest BCUT2D eigenvalue weighted by Gasteiger charge is -2.27. The average molecular weight is 290 g/mol. The van der Waals surface area contributed by atoms with Crippen molar-refractivity contribution in [2.24, 2.45) is 0 Å². The van der Waals surface area contributed by atoms with Crippen LogP contribution in [0.4, 0.5) is 21.0 Å². The Hall–Kier alpha value is -2.28. The second-order valence-corrected chi connectivity index (χ2v) is 4.96. The maximum atomic E-state index is 12.0. The third-order valence-electron chi connectivity index (χ3n) is 3.59. The van der Waals surface area contributed by atoms with Gasteiger partial charge in [0.25, 0.3) is 0 Å². The van der Waals surface area contributed by atoms with Gasteiger partial charge in [-0.2, -0.15) is 0 Å². The van der Waals surface area contributed by atoms with Gasteiger partial charge in [-0.15, -0.1) is 0 Å². The average Bonchev–Trinajstić information content (AvgIpc) is 2.95. The number of carbonyl (C=O) groups excluding carboxylic acids is 2. The fourth-order valence-electron chi connectivity index (χ4n) is 2.41. The van der Waals surface area contributed by atoms with E-state index in [1.807, 2.05) is 12.1 Å². The monoisotopic (exact) mass is 290 g/mol. The fourth-order valence-corrected chi connectivity index (χ4v) is 2.41. The summed E-state index contributed by atoms with van der Waals surface area (Å²) in [7, 11) is 0. The van der Waals surface area contributed by atoms with Gasteiger partial charge in [0.1, 0.15) is 0 Å². The molecule has 1 aromatic rings. The number of hydrogen-bond donors (Lipinski definition) is 2. The Kier molecular flexibility index (Phi) is 3.92. The Balaban J connectivity index is 1.61. The molecule has 2 N–H and O–H groups in total. The van der Waals surface area contributed by atoms with E-state index in [-0.39, 0.29) is 12.1 Å². The van der Waals surface area contributed by atoms with Gasteiger partial charge in [-0.05, 0) is 24.3 Å². The number of rotatable bonds is 2. The lowest BCUT2D eigenvalue weighted by Crippen LogP contribution is -2.43. The minimum Gasteiger partial charge on any atom is -0.378 e. The summed E-state index contributed by atoms with van der Waals surface area (Å²) >= 11 is 0. The molecule has 4 amide bonds. The van der Waals surface area contributed by atoms with Crippen LogP contribution in [0, 0.1) is 0 Å². The number of carbonyl (C=O) groups is 2. The highest BCUT2D eigenvalue weighted by molar-refractivity contribution is 5.94. The van der Waals surface area contributed by atoms with Crippen LogP contribution >= 0.6 is 0 Å². The second kappa shape index (κ2) is 6.01. The number of morpholine rings is 1. The van der Waals surface area contributed by atoms with Crippen LogP contribution in [0.1, 0.15) is 0 Å². The SMILES string of the molecule is O=C(Nc1ccc(N2CCNC2=O)cc1)N1CCOCC1. The molecule has 2 fully saturated rings. The minimum atomic E-state index is -0.120. The summed E-state index contributed by atoms with van der Waals surface area (Å²) in [4.78, 5) is 27.0. The number of hydrogen-bond acceptors (Lipinski definition) is 3. The zero-order chi connectivity index (χ0) is 14.7. The molecule has 7 nitrogen and oxygen atoms in total. The molecule has 0 saturated carbocycles. The van der Waals surface area contributed by atoms with E-state index < -0.39 is 0 Å². The first kappa shape index (κ1) is 13.7. The Bertz CT molecular complexity index is 526. The first-order chi connectivity index (χ1) is 10.2. The quantitative estimate of drug-likeness (QED) is 0.856. The lowest BCUT2D eigenvalue weighted by atomic mass is 10.2. The lowest BCUT2D eigenvalue weighted by molar-refractivity contribution is 0.0564. The van der Waals surface area contributed by atoms with Gasteiger partial charge in [-0.3, -0.25) is 4.90 Å². The molecule has 0 radical (unpaired) electrons. The third kappa shape index (κ3) is 3.08. The summed E-state index contributed by atoms with van der Waals surface area (Å²) in [6.45, 7) is 3.70. The van der Waals surface area contributed by atoms with Crippen molar-refractivity contribution in [1.29, 1.82) is 0 Å². The summed E-state index contributed by atoms with van der Waals surface area (Å²) in [6, 6.07) is 7.07. The summed E-state index contributed by atoms with van der Waals surface area (Å²) in [5.74, 6) is 0. The molecule has 0 bridgehead atoms. The zero-order valence-electron chi connectivity index (χ0n) is 11.7. The molecule has 0 spiro atoms. The Morgan fingerprint density at radius 2 is 1.86 bits per heavy atom. The molecule has 3 rings (SSSR count). The van der Waals surface area contributed by atoms with E-state index in [1.165, 1.54) is 0 Å². The fraction of sp³-hybridized carbons (Fsp3) is 0.429. The molecular weight excluding hydrogens is 272 g/mol. The minimum absolute atomic E-state index is 0.0832. The predicted octanol–water partition coefficient (Wildman–Crippen LogP) is 1.08. The highest BCUT2D eigenvalue weighted by Gasteiger charge is 2.21. The highest BCUT2D eigenvalue weighted by Crippen LogP contribution is 2.19. The topological polar surface area (TPSA) is 73.9 Å². The van der Waals surface area contributed by atoms with Crippen molar-refractivity contribution in [2.45, 2.75) is 0 Å². The van der Waals surface area contributed by atoms with Crippen molar-refractivity contribution >= 4 is 23.4 Å². The van der Waals surface area contributed by atoms with Crippen LogP contribution < -0.4 is 15.5 Å². The van der Waals surface area contributed by atoms with Crippen LogP contribution in [0.3, 0.4) is 0 Å². The molecular formula is C14H18N4O3. The number of amides is 4. The van der Waals surface area contributed by atoms with Crippen LogP contribution in [-0.4, -0.2) is 56.4 Å².